The Morgan fingerprint density at radius 1 is 1.32 bits per heavy atom. The van der Waals surface area contributed by atoms with Gasteiger partial charge in [-0.25, -0.2) is 4.98 Å². The maximum Gasteiger partial charge on any atom is 0.224 e. The maximum absolute atomic E-state index is 5.90. The Morgan fingerprint density at radius 2 is 2.11 bits per heavy atom. The van der Waals surface area contributed by atoms with E-state index in [0.29, 0.717) is 11.6 Å². The minimum absolute atomic E-state index is 0.138. The first-order chi connectivity index (χ1) is 9.11. The molecule has 2 N–H and O–H groups in total. The molecule has 100 valence electrons. The van der Waals surface area contributed by atoms with Crippen LogP contribution in [0.2, 0.25) is 0 Å². The van der Waals surface area contributed by atoms with E-state index in [0.717, 1.165) is 15.8 Å². The van der Waals surface area contributed by atoms with E-state index in [9.17, 15) is 0 Å². The SMILES string of the molecule is COc1ccc(Oc2ncccc2[C@H](C)N)c(Br)c1. The molecule has 2 rings (SSSR count). The highest BCUT2D eigenvalue weighted by Gasteiger charge is 2.11. The molecule has 0 saturated carbocycles. The van der Waals surface area contributed by atoms with Crippen molar-refractivity contribution in [3.8, 4) is 17.4 Å². The first-order valence-electron chi connectivity index (χ1n) is 5.83. The maximum atomic E-state index is 5.90. The third kappa shape index (κ3) is 3.24. The van der Waals surface area contributed by atoms with Gasteiger partial charge in [-0.3, -0.25) is 0 Å². The summed E-state index contributed by atoms with van der Waals surface area (Å²) in [6, 6.07) is 9.10. The van der Waals surface area contributed by atoms with Gasteiger partial charge < -0.3 is 15.2 Å². The zero-order valence-electron chi connectivity index (χ0n) is 10.8. The molecular weight excluding hydrogens is 308 g/mol. The van der Waals surface area contributed by atoms with Gasteiger partial charge in [0.15, 0.2) is 0 Å². The van der Waals surface area contributed by atoms with E-state index < -0.39 is 0 Å². The Hall–Kier alpha value is -1.59. The van der Waals surface area contributed by atoms with E-state index in [-0.39, 0.29) is 6.04 Å². The molecule has 19 heavy (non-hydrogen) atoms. The van der Waals surface area contributed by atoms with Gasteiger partial charge in [0.2, 0.25) is 5.88 Å². The molecule has 0 spiro atoms. The number of rotatable bonds is 4. The van der Waals surface area contributed by atoms with Crippen LogP contribution < -0.4 is 15.2 Å². The van der Waals surface area contributed by atoms with Crippen molar-refractivity contribution < 1.29 is 9.47 Å². The van der Waals surface area contributed by atoms with Gasteiger partial charge >= 0.3 is 0 Å². The van der Waals surface area contributed by atoms with Crippen molar-refractivity contribution >= 4 is 15.9 Å². The Morgan fingerprint density at radius 3 is 2.74 bits per heavy atom. The molecule has 0 unspecified atom stereocenters. The molecule has 1 atom stereocenters. The van der Waals surface area contributed by atoms with Crippen molar-refractivity contribution in [2.45, 2.75) is 13.0 Å². The second kappa shape index (κ2) is 6.04. The van der Waals surface area contributed by atoms with Gasteiger partial charge in [0.05, 0.1) is 11.6 Å². The Kier molecular flexibility index (Phi) is 4.39. The number of methoxy groups -OCH3 is 1. The third-order valence-electron chi connectivity index (χ3n) is 2.64. The fraction of sp³-hybridized carbons (Fsp3) is 0.214. The molecule has 0 aliphatic heterocycles. The first kappa shape index (κ1) is 13.8. The molecule has 2 aromatic rings. The van der Waals surface area contributed by atoms with Crippen LogP contribution in [0.4, 0.5) is 0 Å². The number of hydrogen-bond donors (Lipinski definition) is 1. The minimum Gasteiger partial charge on any atom is -0.497 e. The molecule has 0 fully saturated rings. The van der Waals surface area contributed by atoms with E-state index in [1.54, 1.807) is 13.3 Å². The van der Waals surface area contributed by atoms with Gasteiger partial charge in [0.25, 0.3) is 0 Å². The quantitative estimate of drug-likeness (QED) is 0.933. The Balaban J connectivity index is 2.31. The van der Waals surface area contributed by atoms with Crippen LogP contribution in [0.3, 0.4) is 0 Å². The second-order valence-electron chi connectivity index (χ2n) is 4.08. The number of halogens is 1. The van der Waals surface area contributed by atoms with Crippen LogP contribution in [0.15, 0.2) is 41.0 Å². The van der Waals surface area contributed by atoms with Crippen molar-refractivity contribution in [3.63, 3.8) is 0 Å². The first-order valence-corrected chi connectivity index (χ1v) is 6.63. The van der Waals surface area contributed by atoms with Crippen molar-refractivity contribution in [2.75, 3.05) is 7.11 Å². The second-order valence-corrected chi connectivity index (χ2v) is 4.94. The van der Waals surface area contributed by atoms with E-state index in [1.807, 2.05) is 37.3 Å². The molecule has 0 saturated heterocycles. The standard InChI is InChI=1S/C14H15BrN2O2/c1-9(16)11-4-3-7-17-14(11)19-13-6-5-10(18-2)8-12(13)15/h3-9H,16H2,1-2H3/t9-/m0/s1. The number of nitrogens with zero attached hydrogens (tertiary/aromatic N) is 1. The van der Waals surface area contributed by atoms with Gasteiger partial charge in [-0.1, -0.05) is 6.07 Å². The van der Waals surface area contributed by atoms with E-state index in [1.165, 1.54) is 0 Å². The normalized spacial score (nSPS) is 12.0. The lowest BCUT2D eigenvalue weighted by Crippen LogP contribution is -2.07. The lowest BCUT2D eigenvalue weighted by atomic mass is 10.1. The highest BCUT2D eigenvalue weighted by molar-refractivity contribution is 9.10. The number of hydrogen-bond acceptors (Lipinski definition) is 4. The van der Waals surface area contributed by atoms with Crippen LogP contribution >= 0.6 is 15.9 Å². The molecule has 5 heteroatoms. The third-order valence-corrected chi connectivity index (χ3v) is 3.26. The fourth-order valence-electron chi connectivity index (χ4n) is 1.63. The number of pyridine rings is 1. The van der Waals surface area contributed by atoms with Gasteiger partial charge in [0.1, 0.15) is 11.5 Å². The average molecular weight is 323 g/mol. The zero-order valence-corrected chi connectivity index (χ0v) is 12.3. The molecule has 0 amide bonds. The van der Waals surface area contributed by atoms with E-state index in [2.05, 4.69) is 20.9 Å². The van der Waals surface area contributed by atoms with Gasteiger partial charge in [-0.15, -0.1) is 0 Å². The number of aromatic nitrogens is 1. The molecule has 0 radical (unpaired) electrons. The largest absolute Gasteiger partial charge is 0.497 e. The summed E-state index contributed by atoms with van der Waals surface area (Å²) in [5.74, 6) is 1.94. The van der Waals surface area contributed by atoms with Gasteiger partial charge in [-0.2, -0.15) is 0 Å². The summed E-state index contributed by atoms with van der Waals surface area (Å²) in [4.78, 5) is 4.22. The summed E-state index contributed by atoms with van der Waals surface area (Å²) in [5.41, 5.74) is 6.77. The van der Waals surface area contributed by atoms with E-state index in [4.69, 9.17) is 15.2 Å². The van der Waals surface area contributed by atoms with Gasteiger partial charge in [-0.05, 0) is 47.1 Å². The predicted octanol–water partition coefficient (Wildman–Crippen LogP) is 3.66. The summed E-state index contributed by atoms with van der Waals surface area (Å²) in [6.07, 6.45) is 1.68. The fourth-order valence-corrected chi connectivity index (χ4v) is 2.07. The highest BCUT2D eigenvalue weighted by Crippen LogP contribution is 2.34. The predicted molar refractivity (Wildman–Crippen MR) is 77.6 cm³/mol. The van der Waals surface area contributed by atoms with Gasteiger partial charge in [0, 0.05) is 17.8 Å². The Labute approximate surface area is 120 Å². The Bertz CT molecular complexity index is 573. The highest BCUT2D eigenvalue weighted by atomic mass is 79.9. The van der Waals surface area contributed by atoms with Crippen LogP contribution in [0.25, 0.3) is 0 Å². The minimum atomic E-state index is -0.138. The van der Waals surface area contributed by atoms with Crippen LogP contribution in [0.5, 0.6) is 17.4 Å². The zero-order chi connectivity index (χ0) is 13.8. The average Bonchev–Trinajstić information content (AvgIpc) is 2.41. The van der Waals surface area contributed by atoms with Crippen molar-refractivity contribution in [1.29, 1.82) is 0 Å². The number of nitrogens with two attached hydrogens (primary N) is 1. The topological polar surface area (TPSA) is 57.4 Å². The summed E-state index contributed by atoms with van der Waals surface area (Å²) in [7, 11) is 1.62. The lowest BCUT2D eigenvalue weighted by Gasteiger charge is -2.13. The van der Waals surface area contributed by atoms with Crippen LogP contribution in [-0.2, 0) is 0 Å². The molecule has 0 aliphatic rings. The molecule has 4 nitrogen and oxygen atoms in total. The molecular formula is C14H15BrN2O2. The monoisotopic (exact) mass is 322 g/mol. The van der Waals surface area contributed by atoms with Crippen LogP contribution in [-0.4, -0.2) is 12.1 Å². The van der Waals surface area contributed by atoms with Crippen LogP contribution in [0.1, 0.15) is 18.5 Å². The molecule has 0 bridgehead atoms. The molecule has 0 aliphatic carbocycles. The van der Waals surface area contributed by atoms with Crippen molar-refractivity contribution in [1.82, 2.24) is 4.98 Å². The van der Waals surface area contributed by atoms with Crippen molar-refractivity contribution in [2.24, 2.45) is 5.73 Å². The van der Waals surface area contributed by atoms with E-state index >= 15 is 0 Å². The number of ether oxygens (including phenoxy) is 2. The molecule has 1 aromatic carbocycles. The summed E-state index contributed by atoms with van der Waals surface area (Å²) in [6.45, 7) is 1.90. The molecule has 1 aromatic heterocycles. The lowest BCUT2D eigenvalue weighted by molar-refractivity contribution is 0.410. The summed E-state index contributed by atoms with van der Waals surface area (Å²) < 4.78 is 11.7. The molecule has 1 heterocycles. The van der Waals surface area contributed by atoms with Crippen LogP contribution in [0, 0.1) is 0 Å². The smallest absolute Gasteiger partial charge is 0.224 e. The van der Waals surface area contributed by atoms with Crippen molar-refractivity contribution in [3.05, 3.63) is 46.6 Å². The summed E-state index contributed by atoms with van der Waals surface area (Å²) in [5, 5.41) is 0. The number of benzene rings is 1. The summed E-state index contributed by atoms with van der Waals surface area (Å²) >= 11 is 3.44.